The maximum absolute atomic E-state index is 2.22. The molecule has 5 aromatic carbocycles. The Morgan fingerprint density at radius 1 is 0.180 bits per heavy atom. The van der Waals surface area contributed by atoms with E-state index in [-0.39, 0.29) is 0 Å². The molecular weight excluding hydrogens is 601 g/mol. The van der Waals surface area contributed by atoms with Gasteiger partial charge in [0.15, 0.2) is 0 Å². The highest BCUT2D eigenvalue weighted by Gasteiger charge is 2.14. The van der Waals surface area contributed by atoms with Crippen molar-refractivity contribution in [3.8, 4) is 0 Å². The van der Waals surface area contributed by atoms with Crippen LogP contribution in [0.5, 0.6) is 0 Å². The van der Waals surface area contributed by atoms with E-state index in [1.54, 1.807) is 0 Å². The molecule has 270 valence electrons. The Kier molecular flexibility index (Phi) is 17.7. The Morgan fingerprint density at radius 3 is 0.340 bits per heavy atom. The van der Waals surface area contributed by atoms with Gasteiger partial charge in [0, 0.05) is 0 Å². The van der Waals surface area contributed by atoms with Crippen LogP contribution in [-0.4, -0.2) is 0 Å². The van der Waals surface area contributed by atoms with Gasteiger partial charge < -0.3 is 0 Å². The third kappa shape index (κ3) is 18.7. The molecule has 0 atom stereocenters. The van der Waals surface area contributed by atoms with E-state index in [2.05, 4.69) is 256 Å². The lowest BCUT2D eigenvalue weighted by Gasteiger charge is -2.18. The van der Waals surface area contributed by atoms with E-state index >= 15 is 0 Å². The molecule has 0 aliphatic carbocycles. The van der Waals surface area contributed by atoms with Crippen LogP contribution in [0, 0.1) is 0 Å². The lowest BCUT2D eigenvalue weighted by molar-refractivity contribution is 0.590. The Bertz CT molecular complexity index is 1240. The zero-order chi connectivity index (χ0) is 38.1. The van der Waals surface area contributed by atoms with Crippen LogP contribution in [0.4, 0.5) is 0 Å². The number of rotatable bonds is 0. The van der Waals surface area contributed by atoms with Gasteiger partial charge in [0.25, 0.3) is 0 Å². The second-order valence-electron chi connectivity index (χ2n) is 18.1. The van der Waals surface area contributed by atoms with Crippen LogP contribution in [0.25, 0.3) is 0 Å². The van der Waals surface area contributed by atoms with Gasteiger partial charge in [0.05, 0.1) is 0 Å². The van der Waals surface area contributed by atoms with Gasteiger partial charge in [-0.05, 0) is 54.9 Å². The van der Waals surface area contributed by atoms with Gasteiger partial charge in [-0.3, -0.25) is 0 Å². The molecule has 0 spiro atoms. The molecule has 0 saturated heterocycles. The lowest BCUT2D eigenvalue weighted by Crippen LogP contribution is -2.10. The van der Waals surface area contributed by atoms with Crippen LogP contribution in [-0.2, 0) is 27.1 Å². The minimum Gasteiger partial charge on any atom is -0.0622 e. The first-order valence-electron chi connectivity index (χ1n) is 18.3. The van der Waals surface area contributed by atoms with Crippen molar-refractivity contribution < 1.29 is 0 Å². The molecule has 0 saturated carbocycles. The molecule has 0 unspecified atom stereocenters. The Labute approximate surface area is 309 Å². The van der Waals surface area contributed by atoms with Crippen molar-refractivity contribution in [1.29, 1.82) is 0 Å². The molecule has 0 aliphatic rings. The highest BCUT2D eigenvalue weighted by atomic mass is 14.2. The zero-order valence-corrected chi connectivity index (χ0v) is 34.4. The van der Waals surface area contributed by atoms with E-state index in [9.17, 15) is 0 Å². The van der Waals surface area contributed by atoms with Gasteiger partial charge >= 0.3 is 0 Å². The van der Waals surface area contributed by atoms with Crippen molar-refractivity contribution in [2.75, 3.05) is 0 Å². The predicted octanol–water partition coefficient (Wildman–Crippen LogP) is 14.9. The Morgan fingerprint density at radius 2 is 0.280 bits per heavy atom. The van der Waals surface area contributed by atoms with Crippen molar-refractivity contribution >= 4 is 0 Å². The van der Waals surface area contributed by atoms with Crippen molar-refractivity contribution in [3.05, 3.63) is 179 Å². The minimum absolute atomic E-state index is 0.293. The molecule has 0 heteroatoms. The largest absolute Gasteiger partial charge is 0.0622 e. The van der Waals surface area contributed by atoms with Crippen LogP contribution < -0.4 is 0 Å². The van der Waals surface area contributed by atoms with E-state index < -0.39 is 0 Å². The van der Waals surface area contributed by atoms with Crippen LogP contribution in [0.1, 0.15) is 132 Å². The van der Waals surface area contributed by atoms with Gasteiger partial charge in [0.2, 0.25) is 0 Å². The summed E-state index contributed by atoms with van der Waals surface area (Å²) in [6, 6.07) is 52.8. The molecule has 0 fully saturated rings. The van der Waals surface area contributed by atoms with Gasteiger partial charge in [0.1, 0.15) is 0 Å². The first-order chi connectivity index (χ1) is 23.0. The second-order valence-corrected chi connectivity index (χ2v) is 18.1. The van der Waals surface area contributed by atoms with Gasteiger partial charge in [-0.15, -0.1) is 0 Å². The molecule has 0 bridgehead atoms. The SMILES string of the molecule is CC(C)(C)c1ccccc1.CC(C)(C)c1ccccc1.CC(C)(C)c1ccccc1.CC(C)(C)c1ccccc1.CC(C)(C)c1ccccc1. The average molecular weight is 671 g/mol. The minimum atomic E-state index is 0.293. The summed E-state index contributed by atoms with van der Waals surface area (Å²) in [5.41, 5.74) is 8.46. The molecule has 0 nitrogen and oxygen atoms in total. The quantitative estimate of drug-likeness (QED) is 0.154. The van der Waals surface area contributed by atoms with Crippen LogP contribution in [0.2, 0.25) is 0 Å². The van der Waals surface area contributed by atoms with E-state index in [1.807, 2.05) is 0 Å². The monoisotopic (exact) mass is 671 g/mol. The number of benzene rings is 5. The fourth-order valence-electron chi connectivity index (χ4n) is 4.69. The van der Waals surface area contributed by atoms with Crippen molar-refractivity contribution in [3.63, 3.8) is 0 Å². The summed E-state index contributed by atoms with van der Waals surface area (Å²) in [7, 11) is 0. The zero-order valence-electron chi connectivity index (χ0n) is 34.4. The van der Waals surface area contributed by atoms with Gasteiger partial charge in [-0.25, -0.2) is 0 Å². The summed E-state index contributed by atoms with van der Waals surface area (Å²) in [5, 5.41) is 0. The topological polar surface area (TPSA) is 0 Å². The summed E-state index contributed by atoms with van der Waals surface area (Å²) in [6.07, 6.45) is 0. The molecule has 0 aromatic heterocycles. The normalized spacial score (nSPS) is 11.5. The smallest absolute Gasteiger partial charge is 0.0132 e. The van der Waals surface area contributed by atoms with Crippen molar-refractivity contribution in [1.82, 2.24) is 0 Å². The molecular formula is C50H70. The van der Waals surface area contributed by atoms with E-state index in [1.165, 1.54) is 27.8 Å². The molecule has 5 rings (SSSR count). The van der Waals surface area contributed by atoms with Crippen LogP contribution >= 0.6 is 0 Å². The summed E-state index contributed by atoms with van der Waals surface area (Å²) in [4.78, 5) is 0. The predicted molar refractivity (Wildman–Crippen MR) is 226 cm³/mol. The molecule has 0 radical (unpaired) electrons. The lowest BCUT2D eigenvalue weighted by atomic mass is 9.87. The van der Waals surface area contributed by atoms with Gasteiger partial charge in [-0.1, -0.05) is 256 Å². The molecule has 0 heterocycles. The van der Waals surface area contributed by atoms with Crippen molar-refractivity contribution in [2.24, 2.45) is 0 Å². The summed E-state index contributed by atoms with van der Waals surface area (Å²) in [6.45, 7) is 33.4. The fraction of sp³-hybridized carbons (Fsp3) is 0.400. The van der Waals surface area contributed by atoms with Crippen LogP contribution in [0.15, 0.2) is 152 Å². The van der Waals surface area contributed by atoms with E-state index in [4.69, 9.17) is 0 Å². The maximum Gasteiger partial charge on any atom is -0.0132 e. The van der Waals surface area contributed by atoms with Gasteiger partial charge in [-0.2, -0.15) is 0 Å². The first-order valence-corrected chi connectivity index (χ1v) is 18.3. The molecule has 0 N–H and O–H groups in total. The third-order valence-electron chi connectivity index (χ3n) is 8.20. The summed E-state index contributed by atoms with van der Waals surface area (Å²) in [5.74, 6) is 0. The summed E-state index contributed by atoms with van der Waals surface area (Å²) >= 11 is 0. The maximum atomic E-state index is 2.22. The second kappa shape index (κ2) is 20.1. The first kappa shape index (κ1) is 44.1. The Balaban J connectivity index is 0.000000312. The summed E-state index contributed by atoms with van der Waals surface area (Å²) < 4.78 is 0. The Hall–Kier alpha value is -3.90. The molecule has 50 heavy (non-hydrogen) atoms. The highest BCUT2D eigenvalue weighted by molar-refractivity contribution is 5.25. The molecule has 5 aromatic rings. The molecule has 0 aliphatic heterocycles. The van der Waals surface area contributed by atoms with E-state index in [0.29, 0.717) is 27.1 Å². The third-order valence-corrected chi connectivity index (χ3v) is 8.20. The molecule has 0 amide bonds. The standard InChI is InChI=1S/5C10H14/c5*1-10(2,3)9-7-5-4-6-8-9/h5*4-8H,1-3H3. The van der Waals surface area contributed by atoms with Crippen LogP contribution in [0.3, 0.4) is 0 Å². The van der Waals surface area contributed by atoms with Crippen molar-refractivity contribution in [2.45, 2.75) is 131 Å². The number of hydrogen-bond acceptors (Lipinski definition) is 0. The van der Waals surface area contributed by atoms with E-state index in [0.717, 1.165) is 0 Å². The highest BCUT2D eigenvalue weighted by Crippen LogP contribution is 2.23. The fourth-order valence-corrected chi connectivity index (χ4v) is 4.69. The average Bonchev–Trinajstić information content (AvgIpc) is 3.06. The number of hydrogen-bond donors (Lipinski definition) is 0.